The van der Waals surface area contributed by atoms with Gasteiger partial charge in [0.15, 0.2) is 0 Å². The lowest BCUT2D eigenvalue weighted by Crippen LogP contribution is -2.56. The Morgan fingerprint density at radius 1 is 1.67 bits per heavy atom. The number of nitrogens with two attached hydrogens (primary N) is 1. The molecule has 1 aliphatic carbocycles. The Kier molecular flexibility index (Phi) is 4.06. The van der Waals surface area contributed by atoms with Crippen LogP contribution in [0.2, 0.25) is 0 Å². The fourth-order valence-electron chi connectivity index (χ4n) is 1.79. The van der Waals surface area contributed by atoms with Crippen molar-refractivity contribution >= 4 is 17.7 Å². The average Bonchev–Trinajstić information content (AvgIpc) is 2.99. The SMILES string of the molecule is CSCC(C)N(C)C(=O)C(C)(N)C1CC1. The summed E-state index contributed by atoms with van der Waals surface area (Å²) in [5, 5.41) is 0. The highest BCUT2D eigenvalue weighted by atomic mass is 32.2. The first-order valence-electron chi connectivity index (χ1n) is 5.46. The van der Waals surface area contributed by atoms with Gasteiger partial charge < -0.3 is 10.6 Å². The van der Waals surface area contributed by atoms with E-state index in [1.807, 2.05) is 14.0 Å². The third-order valence-electron chi connectivity index (χ3n) is 3.28. The van der Waals surface area contributed by atoms with Crippen molar-refractivity contribution < 1.29 is 4.79 Å². The molecule has 1 aliphatic rings. The van der Waals surface area contributed by atoms with Gasteiger partial charge in [0, 0.05) is 18.8 Å². The van der Waals surface area contributed by atoms with Crippen LogP contribution in [0.5, 0.6) is 0 Å². The lowest BCUT2D eigenvalue weighted by atomic mass is 9.95. The molecule has 0 radical (unpaired) electrons. The first kappa shape index (κ1) is 12.8. The fraction of sp³-hybridized carbons (Fsp3) is 0.909. The maximum Gasteiger partial charge on any atom is 0.242 e. The van der Waals surface area contributed by atoms with E-state index in [4.69, 9.17) is 5.73 Å². The first-order valence-corrected chi connectivity index (χ1v) is 6.85. The number of nitrogens with zero attached hydrogens (tertiary/aromatic N) is 1. The number of thioether (sulfide) groups is 1. The Hall–Kier alpha value is -0.220. The molecule has 0 aliphatic heterocycles. The highest BCUT2D eigenvalue weighted by Gasteiger charge is 2.45. The Labute approximate surface area is 96.8 Å². The number of hydrogen-bond donors (Lipinski definition) is 1. The number of hydrogen-bond acceptors (Lipinski definition) is 3. The Bertz CT molecular complexity index is 239. The molecule has 3 nitrogen and oxygen atoms in total. The molecule has 0 saturated heterocycles. The highest BCUT2D eigenvalue weighted by molar-refractivity contribution is 7.98. The molecule has 15 heavy (non-hydrogen) atoms. The second-order valence-corrected chi connectivity index (χ2v) is 5.69. The molecule has 88 valence electrons. The van der Waals surface area contributed by atoms with Crippen LogP contribution in [0, 0.1) is 5.92 Å². The Balaban J connectivity index is 2.58. The standard InChI is InChI=1S/C11H22N2OS/c1-8(7-15-4)13(3)10(14)11(2,12)9-5-6-9/h8-9H,5-7,12H2,1-4H3. The Morgan fingerprint density at radius 2 is 2.20 bits per heavy atom. The van der Waals surface area contributed by atoms with Gasteiger partial charge in [-0.25, -0.2) is 0 Å². The van der Waals surface area contributed by atoms with Crippen LogP contribution in [0.4, 0.5) is 0 Å². The van der Waals surface area contributed by atoms with Gasteiger partial charge in [-0.1, -0.05) is 0 Å². The normalized spacial score (nSPS) is 21.9. The van der Waals surface area contributed by atoms with Crippen LogP contribution in [-0.2, 0) is 4.79 Å². The van der Waals surface area contributed by atoms with Gasteiger partial charge in [0.2, 0.25) is 5.91 Å². The second-order valence-electron chi connectivity index (χ2n) is 4.78. The van der Waals surface area contributed by atoms with Crippen molar-refractivity contribution in [3.05, 3.63) is 0 Å². The van der Waals surface area contributed by atoms with Crippen LogP contribution in [0.25, 0.3) is 0 Å². The van der Waals surface area contributed by atoms with Crippen LogP contribution in [0.15, 0.2) is 0 Å². The first-order chi connectivity index (χ1) is 6.91. The molecule has 2 N–H and O–H groups in total. The zero-order chi connectivity index (χ0) is 11.6. The van der Waals surface area contributed by atoms with Crippen LogP contribution >= 0.6 is 11.8 Å². The summed E-state index contributed by atoms with van der Waals surface area (Å²) in [6.45, 7) is 3.94. The third-order valence-corrected chi connectivity index (χ3v) is 4.09. The summed E-state index contributed by atoms with van der Waals surface area (Å²) in [5.74, 6) is 1.45. The van der Waals surface area contributed by atoms with Crippen LogP contribution in [-0.4, -0.2) is 41.4 Å². The summed E-state index contributed by atoms with van der Waals surface area (Å²) in [4.78, 5) is 14.0. The molecule has 1 rings (SSSR count). The van der Waals surface area contributed by atoms with Crippen LogP contribution in [0.1, 0.15) is 26.7 Å². The molecule has 0 heterocycles. The summed E-state index contributed by atoms with van der Waals surface area (Å²) in [6, 6.07) is 0.258. The lowest BCUT2D eigenvalue weighted by Gasteiger charge is -2.33. The van der Waals surface area contributed by atoms with E-state index in [1.165, 1.54) is 0 Å². The monoisotopic (exact) mass is 230 g/mol. The van der Waals surface area contributed by atoms with Gasteiger partial charge in [0.25, 0.3) is 0 Å². The molecule has 0 aromatic heterocycles. The molecule has 4 heteroatoms. The van der Waals surface area contributed by atoms with Crippen molar-refractivity contribution in [2.45, 2.75) is 38.3 Å². The minimum atomic E-state index is -0.651. The van der Waals surface area contributed by atoms with Crippen molar-refractivity contribution in [2.75, 3.05) is 19.1 Å². The second kappa shape index (κ2) is 4.74. The van der Waals surface area contributed by atoms with Crippen molar-refractivity contribution in [1.82, 2.24) is 4.90 Å². The summed E-state index contributed by atoms with van der Waals surface area (Å²) >= 11 is 1.76. The van der Waals surface area contributed by atoms with Gasteiger partial charge in [-0.05, 0) is 38.9 Å². The van der Waals surface area contributed by atoms with Crippen LogP contribution < -0.4 is 5.73 Å². The molecule has 1 saturated carbocycles. The molecule has 2 unspecified atom stereocenters. The van der Waals surface area contributed by atoms with E-state index in [1.54, 1.807) is 16.7 Å². The molecular formula is C11H22N2OS. The van der Waals surface area contributed by atoms with E-state index in [2.05, 4.69) is 13.2 Å². The number of likely N-dealkylation sites (N-methyl/N-ethyl adjacent to an activating group) is 1. The maximum absolute atomic E-state index is 12.2. The third kappa shape index (κ3) is 2.88. The molecule has 0 aromatic carbocycles. The van der Waals surface area contributed by atoms with Gasteiger partial charge in [-0.2, -0.15) is 11.8 Å². The molecule has 2 atom stereocenters. The molecular weight excluding hydrogens is 208 g/mol. The van der Waals surface area contributed by atoms with E-state index in [0.29, 0.717) is 5.92 Å². The smallest absolute Gasteiger partial charge is 0.242 e. The maximum atomic E-state index is 12.2. The Morgan fingerprint density at radius 3 is 2.60 bits per heavy atom. The summed E-state index contributed by atoms with van der Waals surface area (Å²) in [6.07, 6.45) is 4.25. The van der Waals surface area contributed by atoms with Crippen molar-refractivity contribution in [2.24, 2.45) is 11.7 Å². The summed E-state index contributed by atoms with van der Waals surface area (Å²) in [5.41, 5.74) is 5.45. The fourth-order valence-corrected chi connectivity index (χ4v) is 2.50. The quantitative estimate of drug-likeness (QED) is 0.775. The molecule has 1 amide bonds. The van der Waals surface area contributed by atoms with E-state index in [9.17, 15) is 4.79 Å². The van der Waals surface area contributed by atoms with E-state index >= 15 is 0 Å². The predicted molar refractivity (Wildman–Crippen MR) is 65.9 cm³/mol. The number of carbonyl (C=O) groups is 1. The van der Waals surface area contributed by atoms with Gasteiger partial charge in [-0.3, -0.25) is 4.79 Å². The number of amides is 1. The van der Waals surface area contributed by atoms with Crippen molar-refractivity contribution in [1.29, 1.82) is 0 Å². The molecule has 0 aromatic rings. The minimum Gasteiger partial charge on any atom is -0.341 e. The largest absolute Gasteiger partial charge is 0.341 e. The van der Waals surface area contributed by atoms with Crippen LogP contribution in [0.3, 0.4) is 0 Å². The highest BCUT2D eigenvalue weighted by Crippen LogP contribution is 2.39. The topological polar surface area (TPSA) is 46.3 Å². The van der Waals surface area contributed by atoms with Crippen molar-refractivity contribution in [3.63, 3.8) is 0 Å². The number of rotatable bonds is 5. The van der Waals surface area contributed by atoms with Gasteiger partial charge >= 0.3 is 0 Å². The van der Waals surface area contributed by atoms with E-state index in [-0.39, 0.29) is 11.9 Å². The molecule has 0 bridgehead atoms. The summed E-state index contributed by atoms with van der Waals surface area (Å²) in [7, 11) is 1.86. The van der Waals surface area contributed by atoms with Gasteiger partial charge in [0.05, 0.1) is 5.54 Å². The number of carbonyl (C=O) groups excluding carboxylic acids is 1. The lowest BCUT2D eigenvalue weighted by molar-refractivity contribution is -0.137. The van der Waals surface area contributed by atoms with E-state index in [0.717, 1.165) is 18.6 Å². The summed E-state index contributed by atoms with van der Waals surface area (Å²) < 4.78 is 0. The molecule has 1 fully saturated rings. The minimum absolute atomic E-state index is 0.0894. The van der Waals surface area contributed by atoms with Crippen molar-refractivity contribution in [3.8, 4) is 0 Å². The van der Waals surface area contributed by atoms with Gasteiger partial charge in [-0.15, -0.1) is 0 Å². The van der Waals surface area contributed by atoms with Gasteiger partial charge in [0.1, 0.15) is 0 Å². The predicted octanol–water partition coefficient (Wildman–Crippen LogP) is 1.32. The zero-order valence-corrected chi connectivity index (χ0v) is 10.9. The zero-order valence-electron chi connectivity index (χ0n) is 10.1. The average molecular weight is 230 g/mol. The molecule has 0 spiro atoms. The van der Waals surface area contributed by atoms with E-state index < -0.39 is 5.54 Å².